The van der Waals surface area contributed by atoms with Gasteiger partial charge in [-0.25, -0.2) is 0 Å². The van der Waals surface area contributed by atoms with Gasteiger partial charge in [-0.2, -0.15) is 0 Å². The second-order valence-electron chi connectivity index (χ2n) is 5.78. The van der Waals surface area contributed by atoms with E-state index in [1.54, 1.807) is 0 Å². The molecular weight excluding hydrogens is 212 g/mol. The molecule has 3 heteroatoms. The molecule has 0 aliphatic carbocycles. The van der Waals surface area contributed by atoms with E-state index in [4.69, 9.17) is 5.73 Å². The number of hydrogen-bond acceptors (Lipinski definition) is 2. The Hall–Kier alpha value is -0.570. The Balaban J connectivity index is 4.39. The van der Waals surface area contributed by atoms with Crippen LogP contribution in [0.25, 0.3) is 0 Å². The van der Waals surface area contributed by atoms with Gasteiger partial charge >= 0.3 is 0 Å². The molecule has 0 spiro atoms. The smallest absolute Gasteiger partial charge is 0.239 e. The highest BCUT2D eigenvalue weighted by Gasteiger charge is 2.21. The highest BCUT2D eigenvalue weighted by Crippen LogP contribution is 2.08. The number of carbonyl (C=O) groups is 1. The van der Waals surface area contributed by atoms with E-state index in [-0.39, 0.29) is 11.9 Å². The lowest BCUT2D eigenvalue weighted by molar-refractivity contribution is -0.133. The SMILES string of the molecule is CCCCC(N)C(=O)N(CC(C)C)CC(C)C. The van der Waals surface area contributed by atoms with Crippen molar-refractivity contribution in [2.75, 3.05) is 13.1 Å². The molecule has 0 aromatic rings. The van der Waals surface area contributed by atoms with E-state index < -0.39 is 0 Å². The number of amides is 1. The summed E-state index contributed by atoms with van der Waals surface area (Å²) in [6, 6.07) is -0.313. The maximum atomic E-state index is 12.2. The molecule has 0 aromatic heterocycles. The number of nitrogens with two attached hydrogens (primary N) is 1. The van der Waals surface area contributed by atoms with Crippen molar-refractivity contribution in [2.24, 2.45) is 17.6 Å². The van der Waals surface area contributed by atoms with Gasteiger partial charge in [-0.05, 0) is 18.3 Å². The van der Waals surface area contributed by atoms with Crippen molar-refractivity contribution < 1.29 is 4.79 Å². The quantitative estimate of drug-likeness (QED) is 0.711. The standard InChI is InChI=1S/C14H30N2O/c1-6-7-8-13(15)14(17)16(9-11(2)3)10-12(4)5/h11-13H,6-10,15H2,1-5H3. The molecule has 0 saturated carbocycles. The first-order valence-corrected chi connectivity index (χ1v) is 6.92. The molecule has 3 nitrogen and oxygen atoms in total. The summed E-state index contributed by atoms with van der Waals surface area (Å²) in [5.74, 6) is 1.12. The molecule has 0 aromatic carbocycles. The maximum absolute atomic E-state index is 12.2. The first-order chi connectivity index (χ1) is 7.88. The van der Waals surface area contributed by atoms with Crippen molar-refractivity contribution in [3.63, 3.8) is 0 Å². The zero-order chi connectivity index (χ0) is 13.4. The van der Waals surface area contributed by atoms with Crippen LogP contribution in [-0.2, 0) is 4.79 Å². The molecule has 2 N–H and O–H groups in total. The topological polar surface area (TPSA) is 46.3 Å². The molecule has 0 heterocycles. The lowest BCUT2D eigenvalue weighted by Crippen LogP contribution is -2.46. The van der Waals surface area contributed by atoms with Gasteiger partial charge in [0.2, 0.25) is 5.91 Å². The van der Waals surface area contributed by atoms with Crippen LogP contribution in [0.2, 0.25) is 0 Å². The van der Waals surface area contributed by atoms with Crippen molar-refractivity contribution in [1.29, 1.82) is 0 Å². The Bertz CT molecular complexity index is 204. The normalized spacial score (nSPS) is 13.2. The van der Waals surface area contributed by atoms with Gasteiger partial charge < -0.3 is 10.6 Å². The highest BCUT2D eigenvalue weighted by molar-refractivity contribution is 5.81. The van der Waals surface area contributed by atoms with Crippen LogP contribution in [0.5, 0.6) is 0 Å². The molecule has 17 heavy (non-hydrogen) atoms. The number of nitrogens with zero attached hydrogens (tertiary/aromatic N) is 1. The van der Waals surface area contributed by atoms with Crippen LogP contribution in [0.4, 0.5) is 0 Å². The molecular formula is C14H30N2O. The lowest BCUT2D eigenvalue weighted by Gasteiger charge is -2.29. The van der Waals surface area contributed by atoms with Crippen LogP contribution < -0.4 is 5.73 Å². The predicted octanol–water partition coefficient (Wildman–Crippen LogP) is 2.64. The van der Waals surface area contributed by atoms with E-state index in [0.29, 0.717) is 11.8 Å². The van der Waals surface area contributed by atoms with Gasteiger partial charge in [-0.3, -0.25) is 4.79 Å². The zero-order valence-corrected chi connectivity index (χ0v) is 12.2. The molecule has 0 rings (SSSR count). The zero-order valence-electron chi connectivity index (χ0n) is 12.2. The molecule has 0 aliphatic heterocycles. The van der Waals surface area contributed by atoms with E-state index in [1.165, 1.54) is 0 Å². The van der Waals surface area contributed by atoms with Crippen LogP contribution in [-0.4, -0.2) is 29.9 Å². The van der Waals surface area contributed by atoms with Crippen LogP contribution >= 0.6 is 0 Å². The summed E-state index contributed by atoms with van der Waals surface area (Å²) in [6.45, 7) is 12.3. The minimum absolute atomic E-state index is 0.126. The monoisotopic (exact) mass is 242 g/mol. The van der Waals surface area contributed by atoms with Crippen molar-refractivity contribution in [3.05, 3.63) is 0 Å². The van der Waals surface area contributed by atoms with Crippen LogP contribution in [0.1, 0.15) is 53.9 Å². The molecule has 0 fully saturated rings. The molecule has 102 valence electrons. The van der Waals surface area contributed by atoms with Gasteiger partial charge in [0.05, 0.1) is 6.04 Å². The Kier molecular flexibility index (Phi) is 8.23. The van der Waals surface area contributed by atoms with Crippen molar-refractivity contribution in [1.82, 2.24) is 4.90 Å². The molecule has 1 atom stereocenters. The van der Waals surface area contributed by atoms with Gasteiger partial charge in [0.15, 0.2) is 0 Å². The van der Waals surface area contributed by atoms with Gasteiger partial charge in [0.1, 0.15) is 0 Å². The molecule has 1 unspecified atom stereocenters. The van der Waals surface area contributed by atoms with E-state index in [2.05, 4.69) is 34.6 Å². The summed E-state index contributed by atoms with van der Waals surface area (Å²) in [4.78, 5) is 14.2. The first-order valence-electron chi connectivity index (χ1n) is 6.92. The Morgan fingerprint density at radius 3 is 1.94 bits per heavy atom. The number of rotatable bonds is 8. The fraction of sp³-hybridized carbons (Fsp3) is 0.929. The number of unbranched alkanes of at least 4 members (excludes halogenated alkanes) is 1. The summed E-state index contributed by atoms with van der Waals surface area (Å²) < 4.78 is 0. The van der Waals surface area contributed by atoms with E-state index in [0.717, 1.165) is 32.4 Å². The lowest BCUT2D eigenvalue weighted by atomic mass is 10.1. The van der Waals surface area contributed by atoms with E-state index in [1.807, 2.05) is 4.90 Å². The molecule has 1 amide bonds. The van der Waals surface area contributed by atoms with Crippen LogP contribution in [0.3, 0.4) is 0 Å². The fourth-order valence-electron chi connectivity index (χ4n) is 1.92. The summed E-state index contributed by atoms with van der Waals surface area (Å²) >= 11 is 0. The average Bonchev–Trinajstić information content (AvgIpc) is 2.22. The largest absolute Gasteiger partial charge is 0.341 e. The number of hydrogen-bond donors (Lipinski definition) is 1. The highest BCUT2D eigenvalue weighted by atomic mass is 16.2. The van der Waals surface area contributed by atoms with Crippen LogP contribution in [0.15, 0.2) is 0 Å². The van der Waals surface area contributed by atoms with Gasteiger partial charge in [0.25, 0.3) is 0 Å². The Morgan fingerprint density at radius 2 is 1.59 bits per heavy atom. The van der Waals surface area contributed by atoms with E-state index in [9.17, 15) is 4.79 Å². The van der Waals surface area contributed by atoms with Crippen molar-refractivity contribution >= 4 is 5.91 Å². The minimum Gasteiger partial charge on any atom is -0.341 e. The summed E-state index contributed by atoms with van der Waals surface area (Å²) in [5, 5.41) is 0. The maximum Gasteiger partial charge on any atom is 0.239 e. The third kappa shape index (κ3) is 7.37. The third-order valence-corrected chi connectivity index (χ3v) is 2.67. The molecule has 0 saturated heterocycles. The molecule has 0 bridgehead atoms. The fourth-order valence-corrected chi connectivity index (χ4v) is 1.92. The van der Waals surface area contributed by atoms with Gasteiger partial charge in [-0.15, -0.1) is 0 Å². The average molecular weight is 242 g/mol. The summed E-state index contributed by atoms with van der Waals surface area (Å²) in [5.41, 5.74) is 5.96. The van der Waals surface area contributed by atoms with Gasteiger partial charge in [-0.1, -0.05) is 47.5 Å². The number of carbonyl (C=O) groups excluding carboxylic acids is 1. The third-order valence-electron chi connectivity index (χ3n) is 2.67. The van der Waals surface area contributed by atoms with E-state index >= 15 is 0 Å². The Labute approximate surface area is 107 Å². The van der Waals surface area contributed by atoms with Crippen molar-refractivity contribution in [2.45, 2.75) is 59.9 Å². The molecule has 0 aliphatic rings. The van der Waals surface area contributed by atoms with Gasteiger partial charge in [0, 0.05) is 13.1 Å². The van der Waals surface area contributed by atoms with Crippen LogP contribution in [0, 0.1) is 11.8 Å². The second-order valence-corrected chi connectivity index (χ2v) is 5.78. The van der Waals surface area contributed by atoms with Crippen molar-refractivity contribution in [3.8, 4) is 0 Å². The Morgan fingerprint density at radius 1 is 1.12 bits per heavy atom. The predicted molar refractivity (Wildman–Crippen MR) is 73.8 cm³/mol. The second kappa shape index (κ2) is 8.51. The summed E-state index contributed by atoms with van der Waals surface area (Å²) in [7, 11) is 0. The minimum atomic E-state index is -0.313. The molecule has 0 radical (unpaired) electrons. The summed E-state index contributed by atoms with van der Waals surface area (Å²) in [6.07, 6.45) is 2.93. The first kappa shape index (κ1) is 16.4.